The molecule has 0 aromatic heterocycles. The highest BCUT2D eigenvalue weighted by Gasteiger charge is 2.24. The maximum Gasteiger partial charge on any atom is 0.0167 e. The van der Waals surface area contributed by atoms with E-state index >= 15 is 0 Å². The monoisotopic (exact) mass is 184 g/mol. The summed E-state index contributed by atoms with van der Waals surface area (Å²) in [5.74, 6) is 1.65. The van der Waals surface area contributed by atoms with Gasteiger partial charge in [0.1, 0.15) is 0 Å². The molecule has 1 aliphatic rings. The van der Waals surface area contributed by atoms with Crippen molar-refractivity contribution in [3.8, 4) is 0 Å². The van der Waals surface area contributed by atoms with Crippen LogP contribution in [-0.4, -0.2) is 18.6 Å². The van der Waals surface area contributed by atoms with Crippen molar-refractivity contribution in [1.29, 1.82) is 0 Å². The van der Waals surface area contributed by atoms with E-state index < -0.39 is 0 Å². The molecule has 1 saturated carbocycles. The third-order valence-electron chi connectivity index (χ3n) is 2.82. The van der Waals surface area contributed by atoms with Crippen LogP contribution in [0.15, 0.2) is 0 Å². The molecule has 0 aromatic rings. The van der Waals surface area contributed by atoms with E-state index in [2.05, 4.69) is 26.1 Å². The van der Waals surface area contributed by atoms with Crippen LogP contribution < -0.4 is 11.1 Å². The highest BCUT2D eigenvalue weighted by Crippen LogP contribution is 2.26. The lowest BCUT2D eigenvalue weighted by molar-refractivity contribution is 0.236. The van der Waals surface area contributed by atoms with E-state index in [0.717, 1.165) is 30.8 Å². The van der Waals surface area contributed by atoms with Gasteiger partial charge < -0.3 is 11.1 Å². The van der Waals surface area contributed by atoms with Gasteiger partial charge >= 0.3 is 0 Å². The second-order valence-corrected chi connectivity index (χ2v) is 5.07. The van der Waals surface area contributed by atoms with Crippen LogP contribution in [0.5, 0.6) is 0 Å². The summed E-state index contributed by atoms with van der Waals surface area (Å²) in [7, 11) is 0. The molecule has 1 aliphatic carbocycles. The maximum atomic E-state index is 5.97. The summed E-state index contributed by atoms with van der Waals surface area (Å²) in [5.41, 5.74) is 5.97. The van der Waals surface area contributed by atoms with Crippen molar-refractivity contribution < 1.29 is 0 Å². The number of nitrogens with one attached hydrogen (secondary N) is 1. The van der Waals surface area contributed by atoms with E-state index in [9.17, 15) is 0 Å². The second-order valence-electron chi connectivity index (χ2n) is 5.07. The van der Waals surface area contributed by atoms with E-state index in [0.29, 0.717) is 6.04 Å². The Bertz CT molecular complexity index is 139. The first kappa shape index (κ1) is 11.0. The van der Waals surface area contributed by atoms with Gasteiger partial charge in [-0.1, -0.05) is 20.8 Å². The molecule has 1 rings (SSSR count). The molecule has 0 amide bonds. The van der Waals surface area contributed by atoms with Crippen molar-refractivity contribution in [2.75, 3.05) is 6.54 Å². The predicted molar refractivity (Wildman–Crippen MR) is 57.6 cm³/mol. The predicted octanol–water partition coefficient (Wildman–Crippen LogP) is 1.75. The summed E-state index contributed by atoms with van der Waals surface area (Å²) in [5, 5.41) is 3.53. The molecule has 0 spiro atoms. The summed E-state index contributed by atoms with van der Waals surface area (Å²) >= 11 is 0. The van der Waals surface area contributed by atoms with Crippen molar-refractivity contribution in [1.82, 2.24) is 5.32 Å². The second kappa shape index (κ2) is 4.97. The van der Waals surface area contributed by atoms with Gasteiger partial charge in [-0.2, -0.15) is 0 Å². The summed E-state index contributed by atoms with van der Waals surface area (Å²) in [6.07, 6.45) is 3.82. The Morgan fingerprint density at radius 2 is 2.00 bits per heavy atom. The van der Waals surface area contributed by atoms with Crippen LogP contribution in [0.25, 0.3) is 0 Å². The van der Waals surface area contributed by atoms with Crippen LogP contribution in [0.2, 0.25) is 0 Å². The summed E-state index contributed by atoms with van der Waals surface area (Å²) in [4.78, 5) is 0. The number of hydrogen-bond acceptors (Lipinski definition) is 2. The molecule has 0 radical (unpaired) electrons. The zero-order valence-corrected chi connectivity index (χ0v) is 9.22. The van der Waals surface area contributed by atoms with E-state index in [1.165, 1.54) is 12.8 Å². The third kappa shape index (κ3) is 4.10. The normalized spacial score (nSPS) is 30.2. The van der Waals surface area contributed by atoms with E-state index in [1.807, 2.05) is 0 Å². The Morgan fingerprint density at radius 1 is 1.38 bits per heavy atom. The Hall–Kier alpha value is -0.0800. The standard InChI is InChI=1S/C11H24N2/c1-8(2)4-10(12)7-13-11-5-9(3)6-11/h8-11,13H,4-7,12H2,1-3H3. The van der Waals surface area contributed by atoms with Crippen LogP contribution in [0, 0.1) is 11.8 Å². The van der Waals surface area contributed by atoms with Gasteiger partial charge in [-0.25, -0.2) is 0 Å². The molecule has 2 heteroatoms. The fourth-order valence-corrected chi connectivity index (χ4v) is 2.08. The topological polar surface area (TPSA) is 38.0 Å². The van der Waals surface area contributed by atoms with Crippen molar-refractivity contribution in [2.45, 2.75) is 52.1 Å². The van der Waals surface area contributed by atoms with Crippen molar-refractivity contribution >= 4 is 0 Å². The minimum absolute atomic E-state index is 0.343. The van der Waals surface area contributed by atoms with Crippen LogP contribution in [0.3, 0.4) is 0 Å². The molecule has 1 fully saturated rings. The fraction of sp³-hybridized carbons (Fsp3) is 1.00. The quantitative estimate of drug-likeness (QED) is 0.683. The zero-order chi connectivity index (χ0) is 9.84. The summed E-state index contributed by atoms with van der Waals surface area (Å²) in [6, 6.07) is 1.10. The molecule has 13 heavy (non-hydrogen) atoms. The molecule has 0 aliphatic heterocycles. The Labute approximate surface area is 82.3 Å². The molecule has 0 heterocycles. The Balaban J connectivity index is 1.99. The van der Waals surface area contributed by atoms with Gasteiger partial charge in [-0.3, -0.25) is 0 Å². The Morgan fingerprint density at radius 3 is 2.46 bits per heavy atom. The van der Waals surface area contributed by atoms with Crippen LogP contribution in [0.1, 0.15) is 40.0 Å². The molecule has 0 saturated heterocycles. The Kier molecular flexibility index (Phi) is 4.20. The van der Waals surface area contributed by atoms with Gasteiger partial charge in [0.25, 0.3) is 0 Å². The largest absolute Gasteiger partial charge is 0.327 e. The first-order valence-corrected chi connectivity index (χ1v) is 5.57. The van der Waals surface area contributed by atoms with Crippen LogP contribution >= 0.6 is 0 Å². The fourth-order valence-electron chi connectivity index (χ4n) is 2.08. The highest BCUT2D eigenvalue weighted by atomic mass is 15.0. The maximum absolute atomic E-state index is 5.97. The number of nitrogens with two attached hydrogens (primary N) is 1. The minimum atomic E-state index is 0.343. The lowest BCUT2D eigenvalue weighted by Crippen LogP contribution is -2.45. The zero-order valence-electron chi connectivity index (χ0n) is 9.22. The molecule has 0 aromatic carbocycles. The summed E-state index contributed by atoms with van der Waals surface area (Å²) < 4.78 is 0. The smallest absolute Gasteiger partial charge is 0.0167 e. The van der Waals surface area contributed by atoms with Gasteiger partial charge in [0.2, 0.25) is 0 Å². The lowest BCUT2D eigenvalue weighted by atomic mass is 9.82. The van der Waals surface area contributed by atoms with Crippen molar-refractivity contribution in [2.24, 2.45) is 17.6 Å². The van der Waals surface area contributed by atoms with Gasteiger partial charge in [0.05, 0.1) is 0 Å². The SMILES string of the molecule is CC(C)CC(N)CNC1CC(C)C1. The van der Waals surface area contributed by atoms with Crippen LogP contribution in [-0.2, 0) is 0 Å². The van der Waals surface area contributed by atoms with Gasteiger partial charge in [-0.15, -0.1) is 0 Å². The average molecular weight is 184 g/mol. The first-order valence-electron chi connectivity index (χ1n) is 5.57. The van der Waals surface area contributed by atoms with E-state index in [4.69, 9.17) is 5.73 Å². The van der Waals surface area contributed by atoms with E-state index in [-0.39, 0.29) is 0 Å². The minimum Gasteiger partial charge on any atom is -0.327 e. The lowest BCUT2D eigenvalue weighted by Gasteiger charge is -2.34. The van der Waals surface area contributed by atoms with Gasteiger partial charge in [0.15, 0.2) is 0 Å². The molecular weight excluding hydrogens is 160 g/mol. The number of hydrogen-bond donors (Lipinski definition) is 2. The molecule has 1 atom stereocenters. The highest BCUT2D eigenvalue weighted by molar-refractivity contribution is 4.83. The average Bonchev–Trinajstić information content (AvgIpc) is 1.94. The van der Waals surface area contributed by atoms with Crippen LogP contribution in [0.4, 0.5) is 0 Å². The van der Waals surface area contributed by atoms with Crippen molar-refractivity contribution in [3.63, 3.8) is 0 Å². The molecule has 78 valence electrons. The first-order chi connectivity index (χ1) is 6.08. The van der Waals surface area contributed by atoms with Gasteiger partial charge in [-0.05, 0) is 31.1 Å². The molecule has 1 unspecified atom stereocenters. The summed E-state index contributed by atoms with van der Waals surface area (Å²) in [6.45, 7) is 7.76. The number of rotatable bonds is 5. The van der Waals surface area contributed by atoms with Gasteiger partial charge in [0, 0.05) is 18.6 Å². The van der Waals surface area contributed by atoms with E-state index in [1.54, 1.807) is 0 Å². The molecular formula is C11H24N2. The molecule has 3 N–H and O–H groups in total. The third-order valence-corrected chi connectivity index (χ3v) is 2.82. The molecule has 2 nitrogen and oxygen atoms in total. The van der Waals surface area contributed by atoms with Crippen molar-refractivity contribution in [3.05, 3.63) is 0 Å². The molecule has 0 bridgehead atoms.